The quantitative estimate of drug-likeness (QED) is 0.740. The number of ether oxygens (including phenoxy) is 1. The zero-order valence-electron chi connectivity index (χ0n) is 12.3. The van der Waals surface area contributed by atoms with E-state index >= 15 is 0 Å². The number of nitrogens with zero attached hydrogens (tertiary/aromatic N) is 1. The van der Waals surface area contributed by atoms with Crippen LogP contribution in [0.1, 0.15) is 32.6 Å². The van der Waals surface area contributed by atoms with Gasteiger partial charge in [-0.1, -0.05) is 6.92 Å². The van der Waals surface area contributed by atoms with Crippen molar-refractivity contribution in [3.63, 3.8) is 0 Å². The van der Waals surface area contributed by atoms with Crippen molar-refractivity contribution in [2.24, 2.45) is 11.8 Å². The van der Waals surface area contributed by atoms with E-state index in [1.54, 1.807) is 0 Å². The molecule has 0 amide bonds. The van der Waals surface area contributed by atoms with E-state index in [1.807, 2.05) is 6.92 Å². The first-order valence-electron chi connectivity index (χ1n) is 7.53. The van der Waals surface area contributed by atoms with Crippen LogP contribution in [-0.2, 0) is 19.7 Å². The van der Waals surface area contributed by atoms with Gasteiger partial charge < -0.3 is 9.84 Å². The number of carbonyl (C=O) groups is 1. The third-order valence-corrected chi connectivity index (χ3v) is 5.89. The fourth-order valence-electron chi connectivity index (χ4n) is 3.04. The van der Waals surface area contributed by atoms with Gasteiger partial charge in [0.1, 0.15) is 0 Å². The first-order chi connectivity index (χ1) is 9.94. The second kappa shape index (κ2) is 7.04. The summed E-state index contributed by atoms with van der Waals surface area (Å²) in [6, 6.07) is 0. The lowest BCUT2D eigenvalue weighted by atomic mass is 10.0. The van der Waals surface area contributed by atoms with E-state index in [0.717, 1.165) is 12.8 Å². The zero-order chi connectivity index (χ0) is 15.5. The number of carboxylic acid groups (broad SMARTS) is 1. The van der Waals surface area contributed by atoms with Gasteiger partial charge in [0.15, 0.2) is 0 Å². The predicted octanol–water partition coefficient (Wildman–Crippen LogP) is 0.433. The Hall–Kier alpha value is -0.700. The maximum Gasteiger partial charge on any atom is 0.307 e. The molecule has 7 nitrogen and oxygen atoms in total. The smallest absolute Gasteiger partial charge is 0.307 e. The van der Waals surface area contributed by atoms with Crippen molar-refractivity contribution >= 4 is 16.2 Å². The Kier molecular flexibility index (Phi) is 5.59. The second-order valence-corrected chi connectivity index (χ2v) is 7.51. The highest BCUT2D eigenvalue weighted by molar-refractivity contribution is 7.87. The topological polar surface area (TPSA) is 95.9 Å². The molecule has 0 saturated carbocycles. The molecule has 0 aromatic heterocycles. The SMILES string of the molecule is CCC1OCCC1CNS(=O)(=O)N1CCCC(C(=O)O)C1. The van der Waals surface area contributed by atoms with Crippen LogP contribution in [0, 0.1) is 11.8 Å². The minimum Gasteiger partial charge on any atom is -0.481 e. The van der Waals surface area contributed by atoms with E-state index in [0.29, 0.717) is 32.5 Å². The van der Waals surface area contributed by atoms with Crippen molar-refractivity contribution in [1.29, 1.82) is 0 Å². The number of hydrogen-bond acceptors (Lipinski definition) is 4. The monoisotopic (exact) mass is 320 g/mol. The number of hydrogen-bond donors (Lipinski definition) is 2. The van der Waals surface area contributed by atoms with Gasteiger partial charge in [0.05, 0.1) is 12.0 Å². The van der Waals surface area contributed by atoms with E-state index in [-0.39, 0.29) is 18.6 Å². The van der Waals surface area contributed by atoms with Crippen molar-refractivity contribution in [2.45, 2.75) is 38.7 Å². The van der Waals surface area contributed by atoms with Crippen molar-refractivity contribution < 1.29 is 23.1 Å². The fraction of sp³-hybridized carbons (Fsp3) is 0.923. The van der Waals surface area contributed by atoms with E-state index in [9.17, 15) is 13.2 Å². The van der Waals surface area contributed by atoms with Gasteiger partial charge in [-0.25, -0.2) is 4.72 Å². The molecular weight excluding hydrogens is 296 g/mol. The summed E-state index contributed by atoms with van der Waals surface area (Å²) >= 11 is 0. The molecule has 3 unspecified atom stereocenters. The summed E-state index contributed by atoms with van der Waals surface area (Å²) in [7, 11) is -3.60. The van der Waals surface area contributed by atoms with Crippen LogP contribution < -0.4 is 4.72 Å². The Balaban J connectivity index is 1.90. The molecule has 0 aromatic carbocycles. The van der Waals surface area contributed by atoms with Crippen LogP contribution in [0.2, 0.25) is 0 Å². The van der Waals surface area contributed by atoms with Gasteiger partial charge >= 0.3 is 5.97 Å². The van der Waals surface area contributed by atoms with Gasteiger partial charge in [-0.2, -0.15) is 12.7 Å². The van der Waals surface area contributed by atoms with Crippen LogP contribution in [-0.4, -0.2) is 56.1 Å². The first-order valence-corrected chi connectivity index (χ1v) is 8.97. The molecule has 2 aliphatic rings. The molecular formula is C13H24N2O5S. The highest BCUT2D eigenvalue weighted by Crippen LogP contribution is 2.23. The number of carboxylic acids is 1. The maximum atomic E-state index is 12.3. The molecule has 0 radical (unpaired) electrons. The van der Waals surface area contributed by atoms with Crippen LogP contribution in [0.3, 0.4) is 0 Å². The molecule has 2 fully saturated rings. The van der Waals surface area contributed by atoms with E-state index in [4.69, 9.17) is 9.84 Å². The lowest BCUT2D eigenvalue weighted by molar-refractivity contribution is -0.142. The maximum absolute atomic E-state index is 12.3. The molecule has 0 aromatic rings. The van der Waals surface area contributed by atoms with Crippen molar-refractivity contribution in [1.82, 2.24) is 9.03 Å². The van der Waals surface area contributed by atoms with Crippen molar-refractivity contribution in [2.75, 3.05) is 26.2 Å². The molecule has 21 heavy (non-hydrogen) atoms. The van der Waals surface area contributed by atoms with Crippen LogP contribution >= 0.6 is 0 Å². The van der Waals surface area contributed by atoms with Gasteiger partial charge in [-0.05, 0) is 25.7 Å². The van der Waals surface area contributed by atoms with Gasteiger partial charge in [-0.15, -0.1) is 0 Å². The molecule has 3 atom stereocenters. The number of nitrogens with one attached hydrogen (secondary N) is 1. The lowest BCUT2D eigenvalue weighted by Gasteiger charge is -2.30. The third kappa shape index (κ3) is 4.15. The Morgan fingerprint density at radius 3 is 2.86 bits per heavy atom. The molecule has 2 rings (SSSR count). The zero-order valence-corrected chi connectivity index (χ0v) is 13.1. The summed E-state index contributed by atoms with van der Waals surface area (Å²) in [6.07, 6.45) is 2.97. The molecule has 2 saturated heterocycles. The lowest BCUT2D eigenvalue weighted by Crippen LogP contribution is -2.48. The minimum atomic E-state index is -3.60. The summed E-state index contributed by atoms with van der Waals surface area (Å²) in [5.41, 5.74) is 0. The standard InChI is InChI=1S/C13H24N2O5S/c1-2-12-10(5-7-20-12)8-14-21(18,19)15-6-3-4-11(9-15)13(16)17/h10-12,14H,2-9H2,1H3,(H,16,17). The molecule has 0 aliphatic carbocycles. The molecule has 8 heteroatoms. The third-order valence-electron chi connectivity index (χ3n) is 4.35. The number of rotatable bonds is 6. The molecule has 0 bridgehead atoms. The first kappa shape index (κ1) is 16.7. The van der Waals surface area contributed by atoms with Crippen molar-refractivity contribution in [3.05, 3.63) is 0 Å². The molecule has 0 spiro atoms. The highest BCUT2D eigenvalue weighted by Gasteiger charge is 2.34. The van der Waals surface area contributed by atoms with Gasteiger partial charge in [0.25, 0.3) is 10.2 Å². The average molecular weight is 320 g/mol. The summed E-state index contributed by atoms with van der Waals surface area (Å²) in [5.74, 6) is -1.33. The summed E-state index contributed by atoms with van der Waals surface area (Å²) in [4.78, 5) is 11.0. The predicted molar refractivity (Wildman–Crippen MR) is 77.0 cm³/mol. The largest absolute Gasteiger partial charge is 0.481 e. The molecule has 2 aliphatic heterocycles. The normalized spacial score (nSPS) is 31.4. The van der Waals surface area contributed by atoms with Gasteiger partial charge in [0.2, 0.25) is 0 Å². The van der Waals surface area contributed by atoms with Gasteiger partial charge in [-0.3, -0.25) is 4.79 Å². The average Bonchev–Trinajstić information content (AvgIpc) is 2.93. The van der Waals surface area contributed by atoms with E-state index < -0.39 is 22.1 Å². The second-order valence-electron chi connectivity index (χ2n) is 5.76. The fourth-order valence-corrected chi connectivity index (χ4v) is 4.40. The highest BCUT2D eigenvalue weighted by atomic mass is 32.2. The summed E-state index contributed by atoms with van der Waals surface area (Å²) < 4.78 is 34.0. The van der Waals surface area contributed by atoms with Crippen LogP contribution in [0.5, 0.6) is 0 Å². The molecule has 122 valence electrons. The van der Waals surface area contributed by atoms with Crippen LogP contribution in [0.4, 0.5) is 0 Å². The minimum absolute atomic E-state index is 0.0586. The van der Waals surface area contributed by atoms with Crippen LogP contribution in [0.15, 0.2) is 0 Å². The molecule has 2 heterocycles. The van der Waals surface area contributed by atoms with Gasteiger partial charge in [0, 0.05) is 32.2 Å². The number of piperidine rings is 1. The number of aliphatic carboxylic acids is 1. The van der Waals surface area contributed by atoms with E-state index in [2.05, 4.69) is 4.72 Å². The Labute approximate surface area is 125 Å². The van der Waals surface area contributed by atoms with Crippen molar-refractivity contribution in [3.8, 4) is 0 Å². The molecule has 2 N–H and O–H groups in total. The summed E-state index contributed by atoms with van der Waals surface area (Å²) in [6.45, 7) is 3.50. The Morgan fingerprint density at radius 1 is 1.43 bits per heavy atom. The Bertz CT molecular complexity index is 467. The van der Waals surface area contributed by atoms with E-state index in [1.165, 1.54) is 4.31 Å². The summed E-state index contributed by atoms with van der Waals surface area (Å²) in [5, 5.41) is 9.03. The Morgan fingerprint density at radius 2 is 2.19 bits per heavy atom. The van der Waals surface area contributed by atoms with Crippen LogP contribution in [0.25, 0.3) is 0 Å².